The lowest BCUT2D eigenvalue weighted by Gasteiger charge is -2.43. The largest absolute Gasteiger partial charge is 0.335 e. The molecule has 2 unspecified atom stereocenters. The molecule has 34 heavy (non-hydrogen) atoms. The summed E-state index contributed by atoms with van der Waals surface area (Å²) in [5, 5.41) is 3.21. The van der Waals surface area contributed by atoms with Gasteiger partial charge in [0, 0.05) is 37.3 Å². The summed E-state index contributed by atoms with van der Waals surface area (Å²) in [7, 11) is -3.71. The number of carbonyl (C=O) groups is 1. The number of fused-ring (bicyclic) bond motifs is 4. The van der Waals surface area contributed by atoms with Crippen molar-refractivity contribution in [2.24, 2.45) is 5.92 Å². The molecule has 2 amide bonds. The van der Waals surface area contributed by atoms with Gasteiger partial charge in [0.2, 0.25) is 10.0 Å². The van der Waals surface area contributed by atoms with Crippen molar-refractivity contribution in [1.29, 1.82) is 0 Å². The van der Waals surface area contributed by atoms with E-state index < -0.39 is 10.0 Å². The number of urea groups is 1. The maximum atomic E-state index is 13.2. The topological polar surface area (TPSA) is 101 Å². The average molecular weight is 485 g/mol. The molecule has 2 N–H and O–H groups in total. The number of hydrogen-bond acceptors (Lipinski definition) is 4. The van der Waals surface area contributed by atoms with Gasteiger partial charge in [-0.25, -0.2) is 13.2 Å². The number of likely N-dealkylation sites (tertiary alicyclic amines) is 1. The van der Waals surface area contributed by atoms with Gasteiger partial charge >= 0.3 is 6.03 Å². The number of sulfonamides is 1. The predicted octanol–water partition coefficient (Wildman–Crippen LogP) is 3.25. The normalized spacial score (nSPS) is 22.6. The van der Waals surface area contributed by atoms with E-state index in [9.17, 15) is 18.0 Å². The van der Waals surface area contributed by atoms with Gasteiger partial charge in [-0.15, -0.1) is 0 Å². The fraction of sp³-hybridized carbons (Fsp3) is 0.520. The number of anilines is 1. The number of nitrogens with one attached hydrogen (secondary N) is 2. The lowest BCUT2D eigenvalue weighted by Crippen LogP contribution is -2.53. The molecule has 3 heterocycles. The fourth-order valence-electron chi connectivity index (χ4n) is 5.70. The summed E-state index contributed by atoms with van der Waals surface area (Å²) in [5.41, 5.74) is 1.30. The number of piperidine rings is 1. The molecule has 1 saturated heterocycles. The fourth-order valence-corrected chi connectivity index (χ4v) is 6.89. The first-order valence-corrected chi connectivity index (χ1v) is 13.9. The van der Waals surface area contributed by atoms with Gasteiger partial charge in [0.15, 0.2) is 0 Å². The molecule has 3 aliphatic rings. The van der Waals surface area contributed by atoms with E-state index in [0.717, 1.165) is 25.0 Å². The Balaban J connectivity index is 1.30. The minimum Gasteiger partial charge on any atom is -0.335 e. The predicted molar refractivity (Wildman–Crippen MR) is 131 cm³/mol. The molecule has 2 aliphatic heterocycles. The number of amides is 2. The van der Waals surface area contributed by atoms with E-state index >= 15 is 0 Å². The summed E-state index contributed by atoms with van der Waals surface area (Å²) in [5.74, 6) is 0.0650. The number of benzene rings is 1. The number of rotatable bonds is 5. The van der Waals surface area contributed by atoms with Crippen LogP contribution in [0.5, 0.6) is 0 Å². The zero-order valence-corrected chi connectivity index (χ0v) is 20.1. The molecule has 0 spiro atoms. The second-order valence-corrected chi connectivity index (χ2v) is 11.6. The van der Waals surface area contributed by atoms with Crippen LogP contribution in [-0.4, -0.2) is 43.0 Å². The lowest BCUT2D eigenvalue weighted by molar-refractivity contribution is 0.127. The van der Waals surface area contributed by atoms with Crippen LogP contribution in [-0.2, 0) is 22.3 Å². The van der Waals surface area contributed by atoms with Crippen molar-refractivity contribution in [3.63, 3.8) is 0 Å². The number of pyridine rings is 1. The Morgan fingerprint density at radius 2 is 1.74 bits per heavy atom. The van der Waals surface area contributed by atoms with Crippen LogP contribution in [0.1, 0.15) is 55.7 Å². The van der Waals surface area contributed by atoms with Gasteiger partial charge < -0.3 is 14.8 Å². The van der Waals surface area contributed by atoms with Crippen molar-refractivity contribution >= 4 is 21.7 Å². The molecule has 5 rings (SSSR count). The molecule has 1 saturated carbocycles. The standard InChI is InChI=1S/C25H32N4O4S/c30-24-22(27-34(32,33)17-18-7-3-1-4-8-18)11-12-23-20-13-19(15-29(23)24)14-28(16-20)25(31)26-21-9-5-2-6-10-21/h1,3-4,7-8,11-12,19-21,27H,2,5-6,9-10,13-17H2,(H,26,31). The first kappa shape index (κ1) is 23.0. The van der Waals surface area contributed by atoms with E-state index in [1.807, 2.05) is 17.0 Å². The van der Waals surface area contributed by atoms with Crippen LogP contribution in [0.3, 0.4) is 0 Å². The van der Waals surface area contributed by atoms with E-state index in [4.69, 9.17) is 0 Å². The molecule has 2 aromatic rings. The van der Waals surface area contributed by atoms with Crippen molar-refractivity contribution in [2.45, 2.75) is 62.8 Å². The van der Waals surface area contributed by atoms with Gasteiger partial charge in [-0.2, -0.15) is 0 Å². The number of hydrogen-bond donors (Lipinski definition) is 2. The Kier molecular flexibility index (Phi) is 6.38. The molecule has 2 bridgehead atoms. The lowest BCUT2D eigenvalue weighted by atomic mass is 9.83. The monoisotopic (exact) mass is 484 g/mol. The molecule has 1 aromatic heterocycles. The molecule has 8 nitrogen and oxygen atoms in total. The molecule has 0 radical (unpaired) electrons. The van der Waals surface area contributed by atoms with E-state index in [1.54, 1.807) is 34.9 Å². The first-order valence-electron chi connectivity index (χ1n) is 12.2. The minimum absolute atomic E-state index is 0.00249. The number of aromatic nitrogens is 1. The number of carbonyl (C=O) groups excluding carboxylic acids is 1. The quantitative estimate of drug-likeness (QED) is 0.680. The highest BCUT2D eigenvalue weighted by molar-refractivity contribution is 7.91. The highest BCUT2D eigenvalue weighted by atomic mass is 32.2. The van der Waals surface area contributed by atoms with E-state index in [1.165, 1.54) is 19.3 Å². The summed E-state index contributed by atoms with van der Waals surface area (Å²) in [6.45, 7) is 1.69. The van der Waals surface area contributed by atoms with Gasteiger partial charge in [-0.1, -0.05) is 49.6 Å². The Morgan fingerprint density at radius 3 is 2.50 bits per heavy atom. The Morgan fingerprint density at radius 1 is 0.971 bits per heavy atom. The smallest absolute Gasteiger partial charge is 0.317 e. The van der Waals surface area contributed by atoms with Crippen LogP contribution in [0.4, 0.5) is 10.5 Å². The van der Waals surface area contributed by atoms with Crippen LogP contribution in [0, 0.1) is 5.92 Å². The van der Waals surface area contributed by atoms with E-state index in [-0.39, 0.29) is 40.9 Å². The van der Waals surface area contributed by atoms with Crippen LogP contribution in [0.25, 0.3) is 0 Å². The molecule has 2 fully saturated rings. The van der Waals surface area contributed by atoms with Gasteiger partial charge in [-0.3, -0.25) is 9.52 Å². The van der Waals surface area contributed by atoms with Gasteiger partial charge in [-0.05, 0) is 42.9 Å². The third-order valence-corrected chi connectivity index (χ3v) is 8.53. The molecule has 9 heteroatoms. The third-order valence-electron chi connectivity index (χ3n) is 7.29. The first-order chi connectivity index (χ1) is 16.4. The number of nitrogens with zero attached hydrogens (tertiary/aromatic N) is 2. The van der Waals surface area contributed by atoms with Gasteiger partial charge in [0.1, 0.15) is 5.69 Å². The molecule has 2 atom stereocenters. The van der Waals surface area contributed by atoms with Crippen molar-refractivity contribution in [2.75, 3.05) is 17.8 Å². The Bertz CT molecular complexity index is 1210. The van der Waals surface area contributed by atoms with Crippen LogP contribution in [0.2, 0.25) is 0 Å². The molecule has 182 valence electrons. The van der Waals surface area contributed by atoms with E-state index in [0.29, 0.717) is 25.2 Å². The van der Waals surface area contributed by atoms with Gasteiger partial charge in [0.25, 0.3) is 5.56 Å². The highest BCUT2D eigenvalue weighted by Crippen LogP contribution is 2.35. The molecular formula is C25H32N4O4S. The summed E-state index contributed by atoms with van der Waals surface area (Å²) in [4.78, 5) is 28.0. The van der Waals surface area contributed by atoms with Crippen LogP contribution >= 0.6 is 0 Å². The maximum absolute atomic E-state index is 13.2. The summed E-state index contributed by atoms with van der Waals surface area (Å²) >= 11 is 0. The zero-order chi connectivity index (χ0) is 23.7. The van der Waals surface area contributed by atoms with Crippen LogP contribution in [0.15, 0.2) is 47.3 Å². The summed E-state index contributed by atoms with van der Waals surface area (Å²) in [6, 6.07) is 12.6. The highest BCUT2D eigenvalue weighted by Gasteiger charge is 2.37. The average Bonchev–Trinajstić information content (AvgIpc) is 2.82. The summed E-state index contributed by atoms with van der Waals surface area (Å²) < 4.78 is 29.5. The van der Waals surface area contributed by atoms with Gasteiger partial charge in [0.05, 0.1) is 5.75 Å². The van der Waals surface area contributed by atoms with E-state index in [2.05, 4.69) is 10.0 Å². The minimum atomic E-state index is -3.71. The Labute approximate surface area is 200 Å². The SMILES string of the molecule is O=C(NC1CCCCC1)N1CC2CC(C1)c1ccc(NS(=O)(=O)Cc3ccccc3)c(=O)n1C2. The third kappa shape index (κ3) is 4.99. The molecular weight excluding hydrogens is 452 g/mol. The van der Waals surface area contributed by atoms with Crippen molar-refractivity contribution in [3.05, 3.63) is 64.1 Å². The molecule has 1 aromatic carbocycles. The van der Waals surface area contributed by atoms with Crippen LogP contribution < -0.4 is 15.6 Å². The maximum Gasteiger partial charge on any atom is 0.317 e. The van der Waals surface area contributed by atoms with Crippen molar-refractivity contribution < 1.29 is 13.2 Å². The molecule has 1 aliphatic carbocycles. The Hall–Kier alpha value is -2.81. The summed E-state index contributed by atoms with van der Waals surface area (Å²) in [6.07, 6.45) is 6.62. The second-order valence-electron chi connectivity index (χ2n) is 9.92. The van der Waals surface area contributed by atoms with Crippen molar-refractivity contribution in [1.82, 2.24) is 14.8 Å². The zero-order valence-electron chi connectivity index (χ0n) is 19.3. The van der Waals surface area contributed by atoms with Crippen molar-refractivity contribution in [3.8, 4) is 0 Å². The second kappa shape index (κ2) is 9.44.